The number of nitrogens with zero attached hydrogens (tertiary/aromatic N) is 3. The average molecular weight is 329 g/mol. The molecule has 2 aromatic heterocycles. The van der Waals surface area contributed by atoms with Crippen LogP contribution in [0.2, 0.25) is 5.02 Å². The van der Waals surface area contributed by atoms with Gasteiger partial charge in [-0.1, -0.05) is 11.6 Å². The van der Waals surface area contributed by atoms with Crippen LogP contribution in [0, 0.1) is 13.8 Å². The second kappa shape index (κ2) is 5.45. The third kappa shape index (κ3) is 3.59. The molecule has 0 aromatic carbocycles. The minimum Gasteiger partial charge on any atom is -0.266 e. The first-order valence-corrected chi connectivity index (χ1v) is 8.16. The van der Waals surface area contributed by atoms with E-state index in [0.717, 1.165) is 17.6 Å². The Kier molecular flexibility index (Phi) is 4.02. The van der Waals surface area contributed by atoms with Gasteiger partial charge in [0, 0.05) is 5.69 Å². The number of carbonyl (C=O) groups excluding carboxylic acids is 1. The van der Waals surface area contributed by atoms with Crippen molar-refractivity contribution in [2.45, 2.75) is 13.8 Å². The molecular formula is C12H13ClN4O3S. The Bertz CT molecular complexity index is 814. The van der Waals surface area contributed by atoms with Crippen LogP contribution in [0.1, 0.15) is 21.9 Å². The summed E-state index contributed by atoms with van der Waals surface area (Å²) in [6.07, 6.45) is 0.879. The van der Waals surface area contributed by atoms with Crippen molar-refractivity contribution >= 4 is 27.5 Å². The fourth-order valence-electron chi connectivity index (χ4n) is 1.79. The van der Waals surface area contributed by atoms with Crippen LogP contribution < -0.4 is 4.72 Å². The van der Waals surface area contributed by atoms with Gasteiger partial charge < -0.3 is 0 Å². The van der Waals surface area contributed by atoms with E-state index in [1.807, 2.05) is 24.6 Å². The molecular weight excluding hydrogens is 316 g/mol. The van der Waals surface area contributed by atoms with Gasteiger partial charge in [-0.2, -0.15) is 5.10 Å². The summed E-state index contributed by atoms with van der Waals surface area (Å²) in [4.78, 5) is 16.0. The molecule has 0 radical (unpaired) electrons. The molecule has 0 atom stereocenters. The largest absolute Gasteiger partial charge is 0.284 e. The molecule has 2 aromatic rings. The lowest BCUT2D eigenvalue weighted by molar-refractivity contribution is 0.0977. The van der Waals surface area contributed by atoms with Crippen molar-refractivity contribution in [3.05, 3.63) is 40.3 Å². The number of aryl methyl sites for hydroxylation is 2. The van der Waals surface area contributed by atoms with E-state index in [9.17, 15) is 13.2 Å². The third-order valence-electron chi connectivity index (χ3n) is 2.55. The number of carbonyl (C=O) groups is 1. The second-order valence-corrected chi connectivity index (χ2v) is 6.70. The predicted octanol–water partition coefficient (Wildman–Crippen LogP) is 1.23. The van der Waals surface area contributed by atoms with E-state index < -0.39 is 15.9 Å². The number of pyridine rings is 1. The zero-order valence-corrected chi connectivity index (χ0v) is 13.2. The molecule has 1 N–H and O–H groups in total. The first-order valence-electron chi connectivity index (χ1n) is 5.89. The van der Waals surface area contributed by atoms with E-state index >= 15 is 0 Å². The van der Waals surface area contributed by atoms with E-state index in [4.69, 9.17) is 11.6 Å². The van der Waals surface area contributed by atoms with Crippen molar-refractivity contribution in [2.75, 3.05) is 6.26 Å². The summed E-state index contributed by atoms with van der Waals surface area (Å²) in [5.41, 5.74) is 1.45. The Hall–Kier alpha value is -1.93. The molecule has 0 saturated carbocycles. The molecule has 9 heteroatoms. The van der Waals surface area contributed by atoms with Crippen molar-refractivity contribution in [3.63, 3.8) is 0 Å². The van der Waals surface area contributed by atoms with Crippen molar-refractivity contribution in [1.29, 1.82) is 0 Å². The molecule has 0 aliphatic heterocycles. The second-order valence-electron chi connectivity index (χ2n) is 4.54. The zero-order chi connectivity index (χ0) is 15.8. The number of rotatable bonds is 3. The Morgan fingerprint density at radius 3 is 2.52 bits per heavy atom. The number of nitrogens with one attached hydrogen (secondary N) is 1. The average Bonchev–Trinajstić information content (AvgIpc) is 2.67. The van der Waals surface area contributed by atoms with Gasteiger partial charge in [0.05, 0.1) is 17.0 Å². The number of halogens is 1. The Balaban J connectivity index is 2.47. The molecule has 112 valence electrons. The van der Waals surface area contributed by atoms with Gasteiger partial charge >= 0.3 is 0 Å². The standard InChI is InChI=1S/C12H13ClN4O3S/c1-7-6-8(2)17(15-7)10-5-4-9(13)11(14-10)12(18)16-21(3,19)20/h4-6H,1-3H3,(H,16,18). The van der Waals surface area contributed by atoms with Gasteiger partial charge in [-0.3, -0.25) is 4.79 Å². The summed E-state index contributed by atoms with van der Waals surface area (Å²) in [5.74, 6) is -0.505. The monoisotopic (exact) mass is 328 g/mol. The maximum Gasteiger partial charge on any atom is 0.284 e. The van der Waals surface area contributed by atoms with Crippen molar-refractivity contribution in [1.82, 2.24) is 19.5 Å². The quantitative estimate of drug-likeness (QED) is 0.914. The van der Waals surface area contributed by atoms with Crippen LogP contribution >= 0.6 is 11.6 Å². The highest BCUT2D eigenvalue weighted by Crippen LogP contribution is 2.17. The normalized spacial score (nSPS) is 11.4. The van der Waals surface area contributed by atoms with Gasteiger partial charge in [0.1, 0.15) is 5.69 Å². The molecule has 0 aliphatic rings. The first kappa shape index (κ1) is 15.5. The lowest BCUT2D eigenvalue weighted by Crippen LogP contribution is -2.30. The van der Waals surface area contributed by atoms with Crippen LogP contribution in [0.5, 0.6) is 0 Å². The van der Waals surface area contributed by atoms with Crippen LogP contribution in [-0.2, 0) is 10.0 Å². The van der Waals surface area contributed by atoms with E-state index in [1.165, 1.54) is 6.07 Å². The number of aromatic nitrogens is 3. The maximum atomic E-state index is 11.9. The van der Waals surface area contributed by atoms with Gasteiger partial charge in [0.25, 0.3) is 5.91 Å². The number of hydrogen-bond donors (Lipinski definition) is 1. The van der Waals surface area contributed by atoms with E-state index in [2.05, 4.69) is 10.1 Å². The Morgan fingerprint density at radius 1 is 1.33 bits per heavy atom. The molecule has 7 nitrogen and oxygen atoms in total. The fourth-order valence-corrected chi connectivity index (χ4v) is 2.41. The van der Waals surface area contributed by atoms with Crippen molar-refractivity contribution in [2.24, 2.45) is 0 Å². The summed E-state index contributed by atoms with van der Waals surface area (Å²) in [6, 6.07) is 4.92. The summed E-state index contributed by atoms with van der Waals surface area (Å²) in [7, 11) is -3.69. The molecule has 2 rings (SSSR count). The summed E-state index contributed by atoms with van der Waals surface area (Å²) in [5, 5.41) is 4.30. The number of amides is 1. The summed E-state index contributed by atoms with van der Waals surface area (Å²) < 4.78 is 25.6. The molecule has 21 heavy (non-hydrogen) atoms. The smallest absolute Gasteiger partial charge is 0.266 e. The molecule has 2 heterocycles. The highest BCUT2D eigenvalue weighted by Gasteiger charge is 2.18. The van der Waals surface area contributed by atoms with E-state index in [-0.39, 0.29) is 10.7 Å². The molecule has 0 spiro atoms. The SMILES string of the molecule is Cc1cc(C)n(-c2ccc(Cl)c(C(=O)NS(C)(=O)=O)n2)n1. The highest BCUT2D eigenvalue weighted by molar-refractivity contribution is 7.89. The molecule has 0 aliphatic carbocycles. The number of hydrogen-bond acceptors (Lipinski definition) is 5. The van der Waals surface area contributed by atoms with Gasteiger partial charge in [0.15, 0.2) is 5.82 Å². The third-order valence-corrected chi connectivity index (χ3v) is 3.41. The lowest BCUT2D eigenvalue weighted by Gasteiger charge is -2.08. The van der Waals surface area contributed by atoms with Gasteiger partial charge in [-0.15, -0.1) is 0 Å². The van der Waals surface area contributed by atoms with Crippen LogP contribution in [0.3, 0.4) is 0 Å². The molecule has 0 bridgehead atoms. The lowest BCUT2D eigenvalue weighted by atomic mass is 10.3. The summed E-state index contributed by atoms with van der Waals surface area (Å²) >= 11 is 5.90. The molecule has 0 fully saturated rings. The Labute approximate surface area is 127 Å². The van der Waals surface area contributed by atoms with Crippen LogP contribution in [0.15, 0.2) is 18.2 Å². The van der Waals surface area contributed by atoms with E-state index in [1.54, 1.807) is 10.7 Å². The number of sulfonamides is 1. The Morgan fingerprint density at radius 2 is 2.00 bits per heavy atom. The maximum absolute atomic E-state index is 11.9. The van der Waals surface area contributed by atoms with Crippen molar-refractivity contribution < 1.29 is 13.2 Å². The molecule has 1 amide bonds. The van der Waals surface area contributed by atoms with Gasteiger partial charge in [-0.25, -0.2) is 22.8 Å². The predicted molar refractivity (Wildman–Crippen MR) is 78.2 cm³/mol. The topological polar surface area (TPSA) is 94.0 Å². The minimum absolute atomic E-state index is 0.0569. The molecule has 0 saturated heterocycles. The summed E-state index contributed by atoms with van der Waals surface area (Å²) in [6.45, 7) is 3.67. The van der Waals surface area contributed by atoms with Crippen molar-refractivity contribution in [3.8, 4) is 5.82 Å². The highest BCUT2D eigenvalue weighted by atomic mass is 35.5. The van der Waals surface area contributed by atoms with E-state index in [0.29, 0.717) is 5.82 Å². The van der Waals surface area contributed by atoms with Crippen LogP contribution in [0.25, 0.3) is 5.82 Å². The van der Waals surface area contributed by atoms with Crippen LogP contribution in [-0.4, -0.2) is 35.3 Å². The van der Waals surface area contributed by atoms with Gasteiger partial charge in [0.2, 0.25) is 10.0 Å². The first-order chi connectivity index (χ1) is 9.67. The minimum atomic E-state index is -3.69. The van der Waals surface area contributed by atoms with Gasteiger partial charge in [-0.05, 0) is 32.0 Å². The fraction of sp³-hybridized carbons (Fsp3) is 0.250. The van der Waals surface area contributed by atoms with Crippen LogP contribution in [0.4, 0.5) is 0 Å². The zero-order valence-electron chi connectivity index (χ0n) is 11.6. The molecule has 0 unspecified atom stereocenters.